The summed E-state index contributed by atoms with van der Waals surface area (Å²) in [6.45, 7) is 5.49. The van der Waals surface area contributed by atoms with E-state index in [0.717, 1.165) is 54.6 Å². The van der Waals surface area contributed by atoms with E-state index in [2.05, 4.69) is 31.9 Å². The largest absolute Gasteiger partial charge is 0.478 e. The molecule has 4 nitrogen and oxygen atoms in total. The van der Waals surface area contributed by atoms with Crippen LogP contribution in [0.3, 0.4) is 0 Å². The molecular weight excluding hydrogens is 332 g/mol. The lowest BCUT2D eigenvalue weighted by molar-refractivity contribution is 0.0357. The number of hydrogen-bond donors (Lipinski definition) is 0. The van der Waals surface area contributed by atoms with Gasteiger partial charge in [-0.05, 0) is 28.4 Å². The third-order valence-electron chi connectivity index (χ3n) is 3.61. The molecular formula is C16H19BrN2O2. The second-order valence-corrected chi connectivity index (χ2v) is 5.97. The molecule has 21 heavy (non-hydrogen) atoms. The number of halogens is 1. The summed E-state index contributed by atoms with van der Waals surface area (Å²) >= 11 is 3.58. The smallest absolute Gasteiger partial charge is 0.214 e. The van der Waals surface area contributed by atoms with E-state index >= 15 is 0 Å². The summed E-state index contributed by atoms with van der Waals surface area (Å²) in [4.78, 5) is 6.95. The maximum atomic E-state index is 5.79. The number of morpholine rings is 1. The zero-order valence-corrected chi connectivity index (χ0v) is 13.5. The number of para-hydroxylation sites is 1. The van der Waals surface area contributed by atoms with Gasteiger partial charge in [0.25, 0.3) is 0 Å². The Hall–Kier alpha value is -1.17. The van der Waals surface area contributed by atoms with Crippen LogP contribution < -0.4 is 4.74 Å². The molecule has 3 rings (SSSR count). The van der Waals surface area contributed by atoms with Crippen LogP contribution in [0.2, 0.25) is 0 Å². The van der Waals surface area contributed by atoms with Crippen molar-refractivity contribution in [3.8, 4) is 5.88 Å². The highest BCUT2D eigenvalue weighted by molar-refractivity contribution is 9.10. The van der Waals surface area contributed by atoms with Crippen LogP contribution in [0.25, 0.3) is 10.9 Å². The van der Waals surface area contributed by atoms with Gasteiger partial charge >= 0.3 is 0 Å². The van der Waals surface area contributed by atoms with E-state index in [4.69, 9.17) is 9.47 Å². The molecule has 2 heterocycles. The van der Waals surface area contributed by atoms with Crippen molar-refractivity contribution in [2.24, 2.45) is 0 Å². The Morgan fingerprint density at radius 1 is 1.24 bits per heavy atom. The Morgan fingerprint density at radius 2 is 2.05 bits per heavy atom. The number of rotatable bonds is 5. The minimum atomic E-state index is 0.683. The number of pyridine rings is 1. The molecule has 0 saturated carbocycles. The van der Waals surface area contributed by atoms with E-state index in [9.17, 15) is 0 Å². The molecule has 0 spiro atoms. The second kappa shape index (κ2) is 7.20. The van der Waals surface area contributed by atoms with E-state index in [0.29, 0.717) is 12.5 Å². The van der Waals surface area contributed by atoms with E-state index in [1.165, 1.54) is 0 Å². The second-order valence-electron chi connectivity index (χ2n) is 5.12. The van der Waals surface area contributed by atoms with Gasteiger partial charge in [0.2, 0.25) is 5.88 Å². The summed E-state index contributed by atoms with van der Waals surface area (Å²) in [5.74, 6) is 0.683. The SMILES string of the molecule is Brc1cc(OCCCN2CCOCC2)nc2ccccc12. The van der Waals surface area contributed by atoms with Crippen molar-refractivity contribution in [3.63, 3.8) is 0 Å². The molecule has 2 aromatic rings. The lowest BCUT2D eigenvalue weighted by Gasteiger charge is -2.26. The van der Waals surface area contributed by atoms with Crippen molar-refractivity contribution >= 4 is 26.8 Å². The molecule has 1 fully saturated rings. The molecule has 1 aliphatic heterocycles. The van der Waals surface area contributed by atoms with Gasteiger partial charge in [-0.25, -0.2) is 4.98 Å². The fraction of sp³-hybridized carbons (Fsp3) is 0.438. The molecule has 1 saturated heterocycles. The molecule has 0 N–H and O–H groups in total. The van der Waals surface area contributed by atoms with Crippen LogP contribution in [0.15, 0.2) is 34.8 Å². The predicted molar refractivity (Wildman–Crippen MR) is 86.8 cm³/mol. The molecule has 0 atom stereocenters. The van der Waals surface area contributed by atoms with Gasteiger partial charge in [0.05, 0.1) is 25.3 Å². The van der Waals surface area contributed by atoms with Gasteiger partial charge in [-0.2, -0.15) is 0 Å². The Morgan fingerprint density at radius 3 is 2.90 bits per heavy atom. The normalized spacial score (nSPS) is 16.2. The Balaban J connectivity index is 1.53. The topological polar surface area (TPSA) is 34.6 Å². The van der Waals surface area contributed by atoms with Gasteiger partial charge in [0, 0.05) is 35.6 Å². The zero-order chi connectivity index (χ0) is 14.5. The summed E-state index contributed by atoms with van der Waals surface area (Å²) in [7, 11) is 0. The van der Waals surface area contributed by atoms with Crippen molar-refractivity contribution in [1.29, 1.82) is 0 Å². The van der Waals surface area contributed by atoms with Gasteiger partial charge in [0.15, 0.2) is 0 Å². The van der Waals surface area contributed by atoms with Gasteiger partial charge in [-0.1, -0.05) is 18.2 Å². The van der Waals surface area contributed by atoms with E-state index < -0.39 is 0 Å². The molecule has 0 amide bonds. The molecule has 0 radical (unpaired) electrons. The van der Waals surface area contributed by atoms with Crippen LogP contribution in [-0.4, -0.2) is 49.3 Å². The highest BCUT2D eigenvalue weighted by Crippen LogP contribution is 2.26. The molecule has 1 aromatic carbocycles. The van der Waals surface area contributed by atoms with Gasteiger partial charge in [-0.15, -0.1) is 0 Å². The van der Waals surface area contributed by atoms with Crippen molar-refractivity contribution in [1.82, 2.24) is 9.88 Å². The Labute approximate surface area is 133 Å². The van der Waals surface area contributed by atoms with Crippen LogP contribution >= 0.6 is 15.9 Å². The zero-order valence-electron chi connectivity index (χ0n) is 11.9. The van der Waals surface area contributed by atoms with Crippen molar-refractivity contribution < 1.29 is 9.47 Å². The standard InChI is InChI=1S/C16H19BrN2O2/c17-14-12-16(18-15-5-2-1-4-13(14)15)21-9-3-6-19-7-10-20-11-8-19/h1-2,4-5,12H,3,6-11H2. The van der Waals surface area contributed by atoms with E-state index in [-0.39, 0.29) is 0 Å². The first-order valence-electron chi connectivity index (χ1n) is 7.31. The van der Waals surface area contributed by atoms with Gasteiger partial charge in [0.1, 0.15) is 0 Å². The molecule has 1 aliphatic rings. The maximum Gasteiger partial charge on any atom is 0.214 e. The molecule has 0 aliphatic carbocycles. The number of nitrogens with zero attached hydrogens (tertiary/aromatic N) is 2. The first-order chi connectivity index (χ1) is 10.3. The van der Waals surface area contributed by atoms with Crippen LogP contribution in [0, 0.1) is 0 Å². The minimum absolute atomic E-state index is 0.683. The maximum absolute atomic E-state index is 5.79. The average Bonchev–Trinajstić information content (AvgIpc) is 2.53. The van der Waals surface area contributed by atoms with Crippen LogP contribution in [-0.2, 0) is 4.74 Å². The van der Waals surface area contributed by atoms with Crippen molar-refractivity contribution in [2.45, 2.75) is 6.42 Å². The summed E-state index contributed by atoms with van der Waals surface area (Å²) < 4.78 is 12.2. The van der Waals surface area contributed by atoms with Crippen molar-refractivity contribution in [3.05, 3.63) is 34.8 Å². The Bertz CT molecular complexity index is 600. The predicted octanol–water partition coefficient (Wildman–Crippen LogP) is 3.10. The lowest BCUT2D eigenvalue weighted by atomic mass is 10.2. The number of hydrogen-bond acceptors (Lipinski definition) is 4. The number of ether oxygens (including phenoxy) is 2. The number of aromatic nitrogens is 1. The molecule has 5 heteroatoms. The first-order valence-corrected chi connectivity index (χ1v) is 8.10. The molecule has 112 valence electrons. The summed E-state index contributed by atoms with van der Waals surface area (Å²) in [5, 5.41) is 1.11. The summed E-state index contributed by atoms with van der Waals surface area (Å²) in [5.41, 5.74) is 0.954. The van der Waals surface area contributed by atoms with E-state index in [1.807, 2.05) is 24.3 Å². The third-order valence-corrected chi connectivity index (χ3v) is 4.27. The lowest BCUT2D eigenvalue weighted by Crippen LogP contribution is -2.37. The summed E-state index contributed by atoms with van der Waals surface area (Å²) in [6.07, 6.45) is 1.01. The molecule has 0 bridgehead atoms. The van der Waals surface area contributed by atoms with Crippen molar-refractivity contribution in [2.75, 3.05) is 39.5 Å². The third kappa shape index (κ3) is 3.93. The minimum Gasteiger partial charge on any atom is -0.478 e. The highest BCUT2D eigenvalue weighted by atomic mass is 79.9. The fourth-order valence-electron chi connectivity index (χ4n) is 2.47. The number of fused-ring (bicyclic) bond motifs is 1. The quantitative estimate of drug-likeness (QED) is 0.776. The average molecular weight is 351 g/mol. The number of benzene rings is 1. The summed E-state index contributed by atoms with van der Waals surface area (Å²) in [6, 6.07) is 9.99. The van der Waals surface area contributed by atoms with Crippen LogP contribution in [0.4, 0.5) is 0 Å². The fourth-order valence-corrected chi connectivity index (χ4v) is 3.00. The molecule has 1 aromatic heterocycles. The van der Waals surface area contributed by atoms with Crippen LogP contribution in [0.1, 0.15) is 6.42 Å². The molecule has 0 unspecified atom stereocenters. The van der Waals surface area contributed by atoms with Gasteiger partial charge < -0.3 is 9.47 Å². The highest BCUT2D eigenvalue weighted by Gasteiger charge is 2.09. The first kappa shape index (κ1) is 14.8. The van der Waals surface area contributed by atoms with E-state index in [1.54, 1.807) is 0 Å². The Kier molecular flexibility index (Phi) is 5.06. The monoisotopic (exact) mass is 350 g/mol. The van der Waals surface area contributed by atoms with Gasteiger partial charge in [-0.3, -0.25) is 4.90 Å². The van der Waals surface area contributed by atoms with Crippen LogP contribution in [0.5, 0.6) is 5.88 Å².